The summed E-state index contributed by atoms with van der Waals surface area (Å²) in [5, 5.41) is 26.8. The van der Waals surface area contributed by atoms with Gasteiger partial charge in [-0.3, -0.25) is 10.1 Å². The van der Waals surface area contributed by atoms with Crippen molar-refractivity contribution in [2.24, 2.45) is 0 Å². The van der Waals surface area contributed by atoms with Crippen molar-refractivity contribution in [2.75, 3.05) is 16.0 Å². The number of aromatic hydroxyl groups is 1. The Morgan fingerprint density at radius 2 is 1.68 bits per heavy atom. The van der Waals surface area contributed by atoms with Gasteiger partial charge in [0.05, 0.1) is 5.69 Å². The Labute approximate surface area is 160 Å². The molecule has 3 rings (SSSR count). The van der Waals surface area contributed by atoms with Crippen LogP contribution in [0.25, 0.3) is 0 Å². The van der Waals surface area contributed by atoms with Crippen molar-refractivity contribution in [1.29, 1.82) is 0 Å². The maximum absolute atomic E-state index is 12.5. The third-order valence-electron chi connectivity index (χ3n) is 3.76. The lowest BCUT2D eigenvalue weighted by atomic mass is 10.2. The lowest BCUT2D eigenvalue weighted by Crippen LogP contribution is -2.16. The first kappa shape index (κ1) is 18.7. The maximum Gasteiger partial charge on any atom is 0.410 e. The Balaban J connectivity index is 1.92. The number of amides is 2. The van der Waals surface area contributed by atoms with E-state index in [4.69, 9.17) is 5.11 Å². The summed E-state index contributed by atoms with van der Waals surface area (Å²) in [6.07, 6.45) is -1.31. The van der Waals surface area contributed by atoms with E-state index in [9.17, 15) is 14.7 Å². The quantitative estimate of drug-likeness (QED) is 0.424. The summed E-state index contributed by atoms with van der Waals surface area (Å²) in [6.45, 7) is 1.84. The van der Waals surface area contributed by atoms with Crippen molar-refractivity contribution in [3.8, 4) is 5.75 Å². The van der Waals surface area contributed by atoms with Gasteiger partial charge in [-0.25, -0.2) is 9.78 Å². The van der Waals surface area contributed by atoms with Gasteiger partial charge in [0.25, 0.3) is 5.91 Å². The van der Waals surface area contributed by atoms with Gasteiger partial charge < -0.3 is 20.8 Å². The minimum atomic E-state index is -1.31. The molecule has 5 N–H and O–H groups in total. The largest absolute Gasteiger partial charge is 0.506 e. The molecule has 8 heteroatoms. The van der Waals surface area contributed by atoms with Crippen molar-refractivity contribution >= 4 is 34.9 Å². The number of pyridine rings is 1. The standard InChI is InChI=1S/C20H18N4O4/c1-12-7-8-15(17(25)9-12)21-14-10-16(23-18(11-14)24-20(27)28)19(26)22-13-5-3-2-4-6-13/h2-11,25H,1H3,(H,22,26)(H,27,28)(H2,21,23,24). The van der Waals surface area contributed by atoms with Crippen LogP contribution in [0, 0.1) is 6.92 Å². The van der Waals surface area contributed by atoms with Crippen LogP contribution in [-0.2, 0) is 0 Å². The molecule has 0 saturated heterocycles. The molecule has 1 heterocycles. The van der Waals surface area contributed by atoms with E-state index >= 15 is 0 Å². The molecule has 2 amide bonds. The van der Waals surface area contributed by atoms with Crippen LogP contribution in [0.4, 0.5) is 27.7 Å². The average Bonchev–Trinajstić information content (AvgIpc) is 2.64. The fourth-order valence-electron chi connectivity index (χ4n) is 2.51. The molecule has 0 radical (unpaired) electrons. The van der Waals surface area contributed by atoms with Crippen LogP contribution < -0.4 is 16.0 Å². The van der Waals surface area contributed by atoms with E-state index in [0.29, 0.717) is 17.1 Å². The lowest BCUT2D eigenvalue weighted by molar-refractivity contribution is 0.102. The first-order chi connectivity index (χ1) is 13.4. The molecule has 0 aliphatic heterocycles. The number of benzene rings is 2. The highest BCUT2D eigenvalue weighted by Gasteiger charge is 2.13. The minimum absolute atomic E-state index is 0.00389. The van der Waals surface area contributed by atoms with Crippen LogP contribution in [-0.4, -0.2) is 27.2 Å². The molecule has 0 atom stereocenters. The predicted octanol–water partition coefficient (Wildman–Crippen LogP) is 4.18. The highest BCUT2D eigenvalue weighted by molar-refractivity contribution is 6.04. The van der Waals surface area contributed by atoms with Gasteiger partial charge in [-0.2, -0.15) is 0 Å². The Morgan fingerprint density at radius 1 is 0.929 bits per heavy atom. The second-order valence-corrected chi connectivity index (χ2v) is 6.02. The SMILES string of the molecule is Cc1ccc(Nc2cc(NC(=O)O)nc(C(=O)Nc3ccccc3)c2)c(O)c1. The molecule has 142 valence electrons. The lowest BCUT2D eigenvalue weighted by Gasteiger charge is -2.12. The molecule has 0 fully saturated rings. The van der Waals surface area contributed by atoms with E-state index in [1.54, 1.807) is 36.4 Å². The number of hydrogen-bond acceptors (Lipinski definition) is 5. The second kappa shape index (κ2) is 8.09. The van der Waals surface area contributed by atoms with E-state index in [1.165, 1.54) is 12.1 Å². The van der Waals surface area contributed by atoms with Gasteiger partial charge in [0.15, 0.2) is 0 Å². The highest BCUT2D eigenvalue weighted by Crippen LogP contribution is 2.28. The van der Waals surface area contributed by atoms with Crippen LogP contribution in [0.5, 0.6) is 5.75 Å². The van der Waals surface area contributed by atoms with Gasteiger partial charge in [-0.05, 0) is 42.8 Å². The Bertz CT molecular complexity index is 1020. The van der Waals surface area contributed by atoms with Crippen LogP contribution in [0.15, 0.2) is 60.7 Å². The molecule has 0 saturated carbocycles. The first-order valence-corrected chi connectivity index (χ1v) is 8.36. The van der Waals surface area contributed by atoms with Crippen molar-refractivity contribution < 1.29 is 19.8 Å². The number of carbonyl (C=O) groups is 2. The summed E-state index contributed by atoms with van der Waals surface area (Å²) in [4.78, 5) is 27.6. The maximum atomic E-state index is 12.5. The average molecular weight is 378 g/mol. The number of phenolic OH excluding ortho intramolecular Hbond substituents is 1. The zero-order chi connectivity index (χ0) is 20.1. The molecule has 0 bridgehead atoms. The van der Waals surface area contributed by atoms with Crippen molar-refractivity contribution in [2.45, 2.75) is 6.92 Å². The smallest absolute Gasteiger partial charge is 0.410 e. The molecular weight excluding hydrogens is 360 g/mol. The monoisotopic (exact) mass is 378 g/mol. The van der Waals surface area contributed by atoms with E-state index in [2.05, 4.69) is 20.9 Å². The minimum Gasteiger partial charge on any atom is -0.506 e. The summed E-state index contributed by atoms with van der Waals surface area (Å²) < 4.78 is 0. The summed E-state index contributed by atoms with van der Waals surface area (Å²) in [6, 6.07) is 16.8. The molecule has 0 aliphatic carbocycles. The number of aryl methyl sites for hydroxylation is 1. The molecule has 0 aliphatic rings. The summed E-state index contributed by atoms with van der Waals surface area (Å²) >= 11 is 0. The molecule has 2 aromatic carbocycles. The zero-order valence-corrected chi connectivity index (χ0v) is 14.9. The van der Waals surface area contributed by atoms with Crippen molar-refractivity contribution in [3.63, 3.8) is 0 Å². The van der Waals surface area contributed by atoms with Gasteiger partial charge in [0.2, 0.25) is 0 Å². The number of carboxylic acid groups (broad SMARTS) is 1. The predicted molar refractivity (Wildman–Crippen MR) is 106 cm³/mol. The Hall–Kier alpha value is -4.07. The van der Waals surface area contributed by atoms with Crippen molar-refractivity contribution in [3.05, 3.63) is 71.9 Å². The number of para-hydroxylation sites is 1. The molecule has 3 aromatic rings. The topological polar surface area (TPSA) is 124 Å². The molecule has 0 unspecified atom stereocenters. The molecule has 1 aromatic heterocycles. The number of hydrogen-bond donors (Lipinski definition) is 5. The fraction of sp³-hybridized carbons (Fsp3) is 0.0500. The Kier molecular flexibility index (Phi) is 5.40. The third kappa shape index (κ3) is 4.76. The summed E-state index contributed by atoms with van der Waals surface area (Å²) in [7, 11) is 0. The highest BCUT2D eigenvalue weighted by atomic mass is 16.4. The molecule has 28 heavy (non-hydrogen) atoms. The van der Waals surface area contributed by atoms with Gasteiger partial charge in [0, 0.05) is 17.4 Å². The van der Waals surface area contributed by atoms with E-state index in [0.717, 1.165) is 5.56 Å². The fourth-order valence-corrected chi connectivity index (χ4v) is 2.51. The summed E-state index contributed by atoms with van der Waals surface area (Å²) in [5.74, 6) is -0.501. The normalized spacial score (nSPS) is 10.2. The molecule has 8 nitrogen and oxygen atoms in total. The Morgan fingerprint density at radius 3 is 2.36 bits per heavy atom. The van der Waals surface area contributed by atoms with Gasteiger partial charge in [-0.1, -0.05) is 24.3 Å². The number of nitrogens with zero attached hydrogens (tertiary/aromatic N) is 1. The third-order valence-corrected chi connectivity index (χ3v) is 3.76. The molecular formula is C20H18N4O4. The number of anilines is 4. The van der Waals surface area contributed by atoms with Crippen LogP contribution in [0.1, 0.15) is 16.1 Å². The summed E-state index contributed by atoms with van der Waals surface area (Å²) in [5.41, 5.74) is 2.26. The van der Waals surface area contributed by atoms with Crippen LogP contribution >= 0.6 is 0 Å². The van der Waals surface area contributed by atoms with Crippen molar-refractivity contribution in [1.82, 2.24) is 4.98 Å². The first-order valence-electron chi connectivity index (χ1n) is 8.36. The van der Waals surface area contributed by atoms with Crippen LogP contribution in [0.2, 0.25) is 0 Å². The number of phenols is 1. The number of carbonyl (C=O) groups excluding carboxylic acids is 1. The second-order valence-electron chi connectivity index (χ2n) is 6.02. The molecule has 0 spiro atoms. The van der Waals surface area contributed by atoms with Gasteiger partial charge in [0.1, 0.15) is 17.3 Å². The van der Waals surface area contributed by atoms with Crippen LogP contribution in [0.3, 0.4) is 0 Å². The number of rotatable bonds is 5. The van der Waals surface area contributed by atoms with E-state index < -0.39 is 12.0 Å². The zero-order valence-electron chi connectivity index (χ0n) is 14.9. The van der Waals surface area contributed by atoms with Gasteiger partial charge >= 0.3 is 6.09 Å². The number of nitrogens with one attached hydrogen (secondary N) is 3. The van der Waals surface area contributed by atoms with Gasteiger partial charge in [-0.15, -0.1) is 0 Å². The van der Waals surface area contributed by atoms with E-state index in [1.807, 2.05) is 19.1 Å². The number of aromatic nitrogens is 1. The van der Waals surface area contributed by atoms with E-state index in [-0.39, 0.29) is 17.3 Å².